The molecule has 4 nitrogen and oxygen atoms in total. The zero-order chi connectivity index (χ0) is 27.5. The van der Waals surface area contributed by atoms with E-state index < -0.39 is 0 Å². The van der Waals surface area contributed by atoms with Crippen molar-refractivity contribution in [3.63, 3.8) is 0 Å². The van der Waals surface area contributed by atoms with Gasteiger partial charge in [-0.15, -0.1) is 0 Å². The molecule has 0 spiro atoms. The molecule has 0 atom stereocenters. The van der Waals surface area contributed by atoms with Gasteiger partial charge in [0.05, 0.1) is 18.8 Å². The number of carbonyl (C=O) groups excluding carboxylic acids is 1. The zero-order valence-electron chi connectivity index (χ0n) is 24.0. The average molecular weight is 531 g/mol. The maximum atomic E-state index is 12.6. The van der Waals surface area contributed by atoms with E-state index in [1.54, 1.807) is 12.1 Å². The van der Waals surface area contributed by atoms with Crippen molar-refractivity contribution in [3.05, 3.63) is 78.4 Å². The lowest BCUT2D eigenvalue weighted by atomic mass is 10.1. The van der Waals surface area contributed by atoms with Gasteiger partial charge in [-0.3, -0.25) is 0 Å². The molecule has 0 bridgehead atoms. The molecular formula is C35H46O4. The Morgan fingerprint density at radius 2 is 0.872 bits per heavy atom. The van der Waals surface area contributed by atoms with Crippen LogP contribution in [0.15, 0.2) is 72.8 Å². The van der Waals surface area contributed by atoms with Gasteiger partial charge in [-0.1, -0.05) is 102 Å². The summed E-state index contributed by atoms with van der Waals surface area (Å²) in [7, 11) is 0. The van der Waals surface area contributed by atoms with E-state index in [1.165, 1.54) is 64.2 Å². The van der Waals surface area contributed by atoms with Crippen LogP contribution in [0.5, 0.6) is 17.2 Å². The maximum Gasteiger partial charge on any atom is 0.343 e. The predicted octanol–water partition coefficient (Wildman–Crippen LogP) is 10.1. The number of rotatable bonds is 19. The van der Waals surface area contributed by atoms with Crippen molar-refractivity contribution in [2.24, 2.45) is 0 Å². The summed E-state index contributed by atoms with van der Waals surface area (Å²) in [5.74, 6) is 1.82. The Morgan fingerprint density at radius 3 is 1.33 bits per heavy atom. The van der Waals surface area contributed by atoms with Gasteiger partial charge in [0.2, 0.25) is 0 Å². The number of hydrogen-bond donors (Lipinski definition) is 0. The first kappa shape index (κ1) is 30.3. The van der Waals surface area contributed by atoms with Crippen LogP contribution in [0.2, 0.25) is 0 Å². The van der Waals surface area contributed by atoms with E-state index in [1.807, 2.05) is 48.5 Å². The Labute approximate surface area is 235 Å². The van der Waals surface area contributed by atoms with Crippen molar-refractivity contribution in [1.29, 1.82) is 0 Å². The van der Waals surface area contributed by atoms with E-state index in [0.717, 1.165) is 42.1 Å². The SMILES string of the molecule is CCCCCCCCOc1ccc(C(=O)Oc2ccc(-c3ccc(OCCCCCCCC)cc3)cc2)cc1. The Morgan fingerprint density at radius 1 is 0.487 bits per heavy atom. The smallest absolute Gasteiger partial charge is 0.343 e. The summed E-state index contributed by atoms with van der Waals surface area (Å²) < 4.78 is 17.3. The highest BCUT2D eigenvalue weighted by molar-refractivity contribution is 5.91. The Bertz CT molecular complexity index is 1060. The fourth-order valence-corrected chi connectivity index (χ4v) is 4.46. The number of esters is 1. The lowest BCUT2D eigenvalue weighted by molar-refractivity contribution is 0.0734. The topological polar surface area (TPSA) is 44.8 Å². The molecule has 0 aliphatic heterocycles. The van der Waals surface area contributed by atoms with Gasteiger partial charge in [0.25, 0.3) is 0 Å². The first-order valence-electron chi connectivity index (χ1n) is 15.0. The van der Waals surface area contributed by atoms with Crippen molar-refractivity contribution in [2.45, 2.75) is 90.9 Å². The number of hydrogen-bond acceptors (Lipinski definition) is 4. The molecule has 210 valence electrons. The minimum Gasteiger partial charge on any atom is -0.494 e. The molecule has 0 radical (unpaired) electrons. The largest absolute Gasteiger partial charge is 0.494 e. The maximum absolute atomic E-state index is 12.6. The monoisotopic (exact) mass is 530 g/mol. The lowest BCUT2D eigenvalue weighted by Gasteiger charge is -2.09. The molecule has 3 aromatic carbocycles. The average Bonchev–Trinajstić information content (AvgIpc) is 2.97. The summed E-state index contributed by atoms with van der Waals surface area (Å²) >= 11 is 0. The van der Waals surface area contributed by atoms with Crippen molar-refractivity contribution in [1.82, 2.24) is 0 Å². The molecule has 0 aliphatic rings. The van der Waals surface area contributed by atoms with Crippen LogP contribution in [-0.4, -0.2) is 19.2 Å². The summed E-state index contributed by atoms with van der Waals surface area (Å²) in [6.45, 7) is 5.94. The van der Waals surface area contributed by atoms with Crippen LogP contribution >= 0.6 is 0 Å². The number of ether oxygens (including phenoxy) is 3. The molecule has 0 heterocycles. The van der Waals surface area contributed by atoms with Gasteiger partial charge < -0.3 is 14.2 Å². The van der Waals surface area contributed by atoms with Gasteiger partial charge in [-0.2, -0.15) is 0 Å². The standard InChI is InChI=1S/C35H46O4/c1-3-5-7-9-11-13-27-37-32-21-15-29(16-22-32)30-17-25-34(26-18-30)39-35(36)31-19-23-33(24-20-31)38-28-14-12-10-8-6-4-2/h15-26H,3-14,27-28H2,1-2H3. The van der Waals surface area contributed by atoms with Gasteiger partial charge in [0, 0.05) is 0 Å². The summed E-state index contributed by atoms with van der Waals surface area (Å²) in [5, 5.41) is 0. The molecule has 0 saturated heterocycles. The van der Waals surface area contributed by atoms with Crippen LogP contribution in [0.4, 0.5) is 0 Å². The molecule has 3 rings (SSSR count). The third kappa shape index (κ3) is 11.6. The van der Waals surface area contributed by atoms with Crippen LogP contribution in [0, 0.1) is 0 Å². The predicted molar refractivity (Wildman–Crippen MR) is 161 cm³/mol. The lowest BCUT2D eigenvalue weighted by Crippen LogP contribution is -2.08. The molecule has 4 heteroatoms. The van der Waals surface area contributed by atoms with Crippen LogP contribution in [0.25, 0.3) is 11.1 Å². The van der Waals surface area contributed by atoms with Crippen LogP contribution in [0.1, 0.15) is 101 Å². The van der Waals surface area contributed by atoms with E-state index in [4.69, 9.17) is 14.2 Å². The van der Waals surface area contributed by atoms with Gasteiger partial charge in [0.15, 0.2) is 0 Å². The third-order valence-corrected chi connectivity index (χ3v) is 6.88. The van der Waals surface area contributed by atoms with Gasteiger partial charge >= 0.3 is 5.97 Å². The van der Waals surface area contributed by atoms with Crippen LogP contribution < -0.4 is 14.2 Å². The molecule has 0 amide bonds. The molecule has 0 aliphatic carbocycles. The highest BCUT2D eigenvalue weighted by atomic mass is 16.5. The number of benzene rings is 3. The van der Waals surface area contributed by atoms with E-state index in [0.29, 0.717) is 17.9 Å². The quantitative estimate of drug-likeness (QED) is 0.0878. The Hall–Kier alpha value is -3.27. The molecule has 3 aromatic rings. The second-order valence-electron chi connectivity index (χ2n) is 10.2. The molecular weight excluding hydrogens is 484 g/mol. The first-order valence-corrected chi connectivity index (χ1v) is 15.0. The summed E-state index contributed by atoms with van der Waals surface area (Å²) in [6.07, 6.45) is 15.0. The van der Waals surface area contributed by atoms with Crippen molar-refractivity contribution in [2.75, 3.05) is 13.2 Å². The van der Waals surface area contributed by atoms with E-state index >= 15 is 0 Å². The number of unbranched alkanes of at least 4 members (excludes halogenated alkanes) is 10. The molecule has 0 aromatic heterocycles. The normalized spacial score (nSPS) is 10.8. The molecule has 0 N–H and O–H groups in total. The Balaban J connectivity index is 1.39. The summed E-state index contributed by atoms with van der Waals surface area (Å²) in [5.41, 5.74) is 2.66. The molecule has 0 saturated carbocycles. The third-order valence-electron chi connectivity index (χ3n) is 6.88. The van der Waals surface area contributed by atoms with Crippen molar-refractivity contribution >= 4 is 5.97 Å². The van der Waals surface area contributed by atoms with Crippen LogP contribution in [-0.2, 0) is 0 Å². The zero-order valence-corrected chi connectivity index (χ0v) is 24.0. The molecule has 0 unspecified atom stereocenters. The Kier molecular flexibility index (Phi) is 14.0. The number of carbonyl (C=O) groups is 1. The van der Waals surface area contributed by atoms with Crippen molar-refractivity contribution < 1.29 is 19.0 Å². The van der Waals surface area contributed by atoms with Gasteiger partial charge in [0.1, 0.15) is 17.2 Å². The summed E-state index contributed by atoms with van der Waals surface area (Å²) in [6, 6.07) is 22.9. The fourth-order valence-electron chi connectivity index (χ4n) is 4.46. The molecule has 0 fully saturated rings. The van der Waals surface area contributed by atoms with Crippen LogP contribution in [0.3, 0.4) is 0 Å². The highest BCUT2D eigenvalue weighted by Gasteiger charge is 2.09. The van der Waals surface area contributed by atoms with Crippen molar-refractivity contribution in [3.8, 4) is 28.4 Å². The van der Waals surface area contributed by atoms with E-state index in [9.17, 15) is 4.79 Å². The second kappa shape index (κ2) is 18.1. The second-order valence-corrected chi connectivity index (χ2v) is 10.2. The van der Waals surface area contributed by atoms with Gasteiger partial charge in [-0.05, 0) is 72.5 Å². The minimum absolute atomic E-state index is 0.378. The fraction of sp³-hybridized carbons (Fsp3) is 0.457. The van der Waals surface area contributed by atoms with E-state index in [2.05, 4.69) is 26.0 Å². The molecule has 39 heavy (non-hydrogen) atoms. The van der Waals surface area contributed by atoms with Gasteiger partial charge in [-0.25, -0.2) is 4.79 Å². The summed E-state index contributed by atoms with van der Waals surface area (Å²) in [4.78, 5) is 12.6. The highest BCUT2D eigenvalue weighted by Crippen LogP contribution is 2.25. The first-order chi connectivity index (χ1) is 19.2. The van der Waals surface area contributed by atoms with E-state index in [-0.39, 0.29) is 5.97 Å². The minimum atomic E-state index is -0.378.